The van der Waals surface area contributed by atoms with Crippen LogP contribution in [0.3, 0.4) is 0 Å². The molecule has 1 heterocycles. The van der Waals surface area contributed by atoms with Crippen LogP contribution < -0.4 is 5.32 Å². The maximum Gasteiger partial charge on any atom is 0.288 e. The van der Waals surface area contributed by atoms with Crippen molar-refractivity contribution in [3.8, 4) is 0 Å². The van der Waals surface area contributed by atoms with E-state index in [2.05, 4.69) is 17.2 Å². The topological polar surface area (TPSA) is 24.9 Å². The SMILES string of the molecule is CCc1ncc(CNc2ccccc2SC(F)F)s1. The Morgan fingerprint density at radius 3 is 2.84 bits per heavy atom. The maximum absolute atomic E-state index is 12.4. The Kier molecular flexibility index (Phi) is 5.15. The first-order valence-electron chi connectivity index (χ1n) is 5.90. The lowest BCUT2D eigenvalue weighted by atomic mass is 10.3. The molecule has 6 heteroatoms. The number of nitrogens with zero attached hydrogens (tertiary/aromatic N) is 1. The average Bonchev–Trinajstić information content (AvgIpc) is 2.85. The van der Waals surface area contributed by atoms with Gasteiger partial charge < -0.3 is 5.32 Å². The molecule has 2 nitrogen and oxygen atoms in total. The van der Waals surface area contributed by atoms with Crippen molar-refractivity contribution < 1.29 is 8.78 Å². The first-order chi connectivity index (χ1) is 9.19. The quantitative estimate of drug-likeness (QED) is 0.787. The molecule has 1 N–H and O–H groups in total. The van der Waals surface area contributed by atoms with Crippen LogP contribution in [-0.2, 0) is 13.0 Å². The zero-order valence-corrected chi connectivity index (χ0v) is 12.0. The van der Waals surface area contributed by atoms with Gasteiger partial charge in [0, 0.05) is 21.7 Å². The highest BCUT2D eigenvalue weighted by Crippen LogP contribution is 2.32. The van der Waals surface area contributed by atoms with Crippen molar-refractivity contribution in [3.63, 3.8) is 0 Å². The van der Waals surface area contributed by atoms with E-state index in [0.717, 1.165) is 22.0 Å². The van der Waals surface area contributed by atoms with E-state index < -0.39 is 5.76 Å². The number of para-hydroxylation sites is 1. The first-order valence-corrected chi connectivity index (χ1v) is 7.60. The highest BCUT2D eigenvalue weighted by molar-refractivity contribution is 7.99. The van der Waals surface area contributed by atoms with Gasteiger partial charge in [-0.1, -0.05) is 30.8 Å². The van der Waals surface area contributed by atoms with Crippen molar-refractivity contribution in [1.82, 2.24) is 4.98 Å². The van der Waals surface area contributed by atoms with Crippen LogP contribution >= 0.6 is 23.1 Å². The van der Waals surface area contributed by atoms with Gasteiger partial charge in [-0.2, -0.15) is 8.78 Å². The summed E-state index contributed by atoms with van der Waals surface area (Å²) in [5.41, 5.74) is 0.735. The summed E-state index contributed by atoms with van der Waals surface area (Å²) in [4.78, 5) is 5.94. The second-order valence-corrected chi connectivity index (χ2v) is 6.03. The zero-order valence-electron chi connectivity index (χ0n) is 10.4. The number of rotatable bonds is 6. The number of hydrogen-bond donors (Lipinski definition) is 1. The van der Waals surface area contributed by atoms with Crippen LogP contribution in [-0.4, -0.2) is 10.7 Å². The van der Waals surface area contributed by atoms with Crippen LogP contribution in [0.1, 0.15) is 16.8 Å². The molecule has 0 aliphatic carbocycles. The Labute approximate surface area is 119 Å². The van der Waals surface area contributed by atoms with Crippen LogP contribution in [0.4, 0.5) is 14.5 Å². The summed E-state index contributed by atoms with van der Waals surface area (Å²) in [6, 6.07) is 7.11. The second-order valence-electron chi connectivity index (χ2n) is 3.80. The third-order valence-electron chi connectivity index (χ3n) is 2.46. The number of thiazole rings is 1. The van der Waals surface area contributed by atoms with E-state index in [1.807, 2.05) is 18.3 Å². The molecule has 1 aromatic heterocycles. The van der Waals surface area contributed by atoms with Gasteiger partial charge in [0.05, 0.1) is 11.6 Å². The molecule has 1 aromatic carbocycles. The van der Waals surface area contributed by atoms with E-state index in [-0.39, 0.29) is 0 Å². The number of benzene rings is 1. The van der Waals surface area contributed by atoms with Gasteiger partial charge in [0.15, 0.2) is 0 Å². The number of nitrogens with one attached hydrogen (secondary N) is 1. The number of aryl methyl sites for hydroxylation is 1. The van der Waals surface area contributed by atoms with Crippen molar-refractivity contribution >= 4 is 28.8 Å². The Bertz CT molecular complexity index is 529. The van der Waals surface area contributed by atoms with Crippen LogP contribution in [0.15, 0.2) is 35.4 Å². The van der Waals surface area contributed by atoms with Crippen LogP contribution in [0.5, 0.6) is 0 Å². The molecule has 0 aliphatic heterocycles. The molecule has 102 valence electrons. The monoisotopic (exact) mass is 300 g/mol. The third-order valence-corrected chi connectivity index (χ3v) is 4.39. The molecule has 0 unspecified atom stereocenters. The fourth-order valence-corrected chi connectivity index (χ4v) is 3.01. The molecular formula is C13H14F2N2S2. The molecule has 0 amide bonds. The molecule has 0 fully saturated rings. The molecule has 2 rings (SSSR count). The molecular weight excluding hydrogens is 286 g/mol. The van der Waals surface area contributed by atoms with E-state index in [4.69, 9.17) is 0 Å². The zero-order chi connectivity index (χ0) is 13.7. The first kappa shape index (κ1) is 14.3. The fraction of sp³-hybridized carbons (Fsp3) is 0.308. The van der Waals surface area contributed by atoms with Crippen LogP contribution in [0.2, 0.25) is 0 Å². The summed E-state index contributed by atoms with van der Waals surface area (Å²) >= 11 is 2.21. The summed E-state index contributed by atoms with van der Waals surface area (Å²) < 4.78 is 24.9. The average molecular weight is 300 g/mol. The van der Waals surface area contributed by atoms with Gasteiger partial charge in [0.25, 0.3) is 5.76 Å². The van der Waals surface area contributed by atoms with Crippen LogP contribution in [0, 0.1) is 0 Å². The van der Waals surface area contributed by atoms with Gasteiger partial charge in [-0.3, -0.25) is 0 Å². The molecule has 2 aromatic rings. The van der Waals surface area contributed by atoms with Gasteiger partial charge in [-0.15, -0.1) is 11.3 Å². The fourth-order valence-electron chi connectivity index (χ4n) is 1.59. The molecule has 0 radical (unpaired) electrons. The predicted molar refractivity (Wildman–Crippen MR) is 77.1 cm³/mol. The number of aromatic nitrogens is 1. The van der Waals surface area contributed by atoms with Crippen LogP contribution in [0.25, 0.3) is 0 Å². The second kappa shape index (κ2) is 6.86. The van der Waals surface area contributed by atoms with Crippen molar-refractivity contribution in [2.24, 2.45) is 0 Å². The number of halogens is 2. The summed E-state index contributed by atoms with van der Waals surface area (Å²) in [6.45, 7) is 2.67. The Morgan fingerprint density at radius 1 is 1.37 bits per heavy atom. The van der Waals surface area contributed by atoms with Crippen molar-refractivity contribution in [2.45, 2.75) is 30.5 Å². The Balaban J connectivity index is 2.02. The van der Waals surface area contributed by atoms with Crippen molar-refractivity contribution in [1.29, 1.82) is 0 Å². The lowest BCUT2D eigenvalue weighted by Gasteiger charge is -2.10. The largest absolute Gasteiger partial charge is 0.379 e. The Hall–Kier alpha value is -1.14. The molecule has 19 heavy (non-hydrogen) atoms. The summed E-state index contributed by atoms with van der Waals surface area (Å²) in [5, 5.41) is 4.28. The van der Waals surface area contributed by atoms with Gasteiger partial charge in [-0.25, -0.2) is 4.98 Å². The van der Waals surface area contributed by atoms with Crippen molar-refractivity contribution in [3.05, 3.63) is 40.3 Å². The minimum Gasteiger partial charge on any atom is -0.379 e. The highest BCUT2D eigenvalue weighted by Gasteiger charge is 2.09. The normalized spacial score (nSPS) is 10.9. The van der Waals surface area contributed by atoms with E-state index >= 15 is 0 Å². The van der Waals surface area contributed by atoms with Gasteiger partial charge in [0.2, 0.25) is 0 Å². The van der Waals surface area contributed by atoms with Gasteiger partial charge in [-0.05, 0) is 18.6 Å². The minimum absolute atomic E-state index is 0.562. The lowest BCUT2D eigenvalue weighted by Crippen LogP contribution is -1.99. The number of anilines is 1. The predicted octanol–water partition coefficient (Wildman–Crippen LogP) is 4.63. The maximum atomic E-state index is 12.4. The third kappa shape index (κ3) is 4.18. The van der Waals surface area contributed by atoms with E-state index in [9.17, 15) is 8.78 Å². The van der Waals surface area contributed by atoms with E-state index in [1.54, 1.807) is 23.5 Å². The minimum atomic E-state index is -2.40. The number of thioether (sulfide) groups is 1. The molecule has 0 aliphatic rings. The number of hydrogen-bond acceptors (Lipinski definition) is 4. The van der Waals surface area contributed by atoms with E-state index in [0.29, 0.717) is 23.2 Å². The smallest absolute Gasteiger partial charge is 0.288 e. The van der Waals surface area contributed by atoms with Gasteiger partial charge in [0.1, 0.15) is 0 Å². The lowest BCUT2D eigenvalue weighted by molar-refractivity contribution is 0.252. The molecule has 0 saturated heterocycles. The molecule has 0 saturated carbocycles. The Morgan fingerprint density at radius 2 is 2.16 bits per heavy atom. The summed E-state index contributed by atoms with van der Waals surface area (Å²) in [5.74, 6) is -2.40. The highest BCUT2D eigenvalue weighted by atomic mass is 32.2. The molecule has 0 bridgehead atoms. The summed E-state index contributed by atoms with van der Waals surface area (Å²) in [7, 11) is 0. The summed E-state index contributed by atoms with van der Waals surface area (Å²) in [6.07, 6.45) is 2.75. The molecule has 0 atom stereocenters. The standard InChI is InChI=1S/C13H14F2N2S2/c1-2-12-17-8-9(18-12)7-16-10-5-3-4-6-11(10)19-13(14)15/h3-6,8,13,16H,2,7H2,1H3. The van der Waals surface area contributed by atoms with Gasteiger partial charge >= 0.3 is 0 Å². The molecule has 0 spiro atoms. The number of alkyl halides is 2. The van der Waals surface area contributed by atoms with Crippen molar-refractivity contribution in [2.75, 3.05) is 5.32 Å². The van der Waals surface area contributed by atoms with E-state index in [1.165, 1.54) is 0 Å².